The van der Waals surface area contributed by atoms with Gasteiger partial charge in [-0.25, -0.2) is 4.99 Å². The van der Waals surface area contributed by atoms with Gasteiger partial charge in [-0.3, -0.25) is 4.79 Å². The first-order chi connectivity index (χ1) is 7.30. The van der Waals surface area contributed by atoms with Crippen molar-refractivity contribution in [3.8, 4) is 0 Å². The SMILES string of the molecule is O=C1N=c2ccccc2=CC12OCCO2. The molecule has 4 nitrogen and oxygen atoms in total. The molecule has 2 aliphatic rings. The molecule has 4 heteroatoms. The highest BCUT2D eigenvalue weighted by atomic mass is 16.7. The smallest absolute Gasteiger partial charge is 0.310 e. The van der Waals surface area contributed by atoms with Crippen molar-refractivity contribution in [1.82, 2.24) is 0 Å². The number of carbonyl (C=O) groups excluding carboxylic acids is 1. The van der Waals surface area contributed by atoms with Crippen LogP contribution in [0.15, 0.2) is 29.3 Å². The molecule has 0 radical (unpaired) electrons. The summed E-state index contributed by atoms with van der Waals surface area (Å²) in [4.78, 5) is 15.7. The van der Waals surface area contributed by atoms with Crippen LogP contribution in [0.25, 0.3) is 6.08 Å². The van der Waals surface area contributed by atoms with Crippen molar-refractivity contribution in [1.29, 1.82) is 0 Å². The summed E-state index contributed by atoms with van der Waals surface area (Å²) in [6.45, 7) is 0.861. The minimum Gasteiger partial charge on any atom is -0.336 e. The maximum absolute atomic E-state index is 11.7. The van der Waals surface area contributed by atoms with Crippen LogP contribution < -0.4 is 10.6 Å². The van der Waals surface area contributed by atoms with Gasteiger partial charge in [0.15, 0.2) is 0 Å². The molecule has 1 fully saturated rings. The first kappa shape index (κ1) is 8.76. The van der Waals surface area contributed by atoms with E-state index in [1.807, 2.05) is 18.2 Å². The number of para-hydroxylation sites is 1. The van der Waals surface area contributed by atoms with Crippen LogP contribution in [0.1, 0.15) is 0 Å². The summed E-state index contributed by atoms with van der Waals surface area (Å²) in [6.07, 6.45) is 1.70. The molecule has 0 unspecified atom stereocenters. The molecule has 3 rings (SSSR count). The summed E-state index contributed by atoms with van der Waals surface area (Å²) in [5.74, 6) is -1.63. The third-order valence-electron chi connectivity index (χ3n) is 2.52. The Hall–Kier alpha value is -1.52. The summed E-state index contributed by atoms with van der Waals surface area (Å²) >= 11 is 0. The van der Waals surface area contributed by atoms with Crippen LogP contribution in [0.5, 0.6) is 0 Å². The van der Waals surface area contributed by atoms with E-state index < -0.39 is 5.79 Å². The van der Waals surface area contributed by atoms with Crippen LogP contribution in [-0.4, -0.2) is 24.9 Å². The summed E-state index contributed by atoms with van der Waals surface area (Å²) in [7, 11) is 0. The van der Waals surface area contributed by atoms with Crippen LogP contribution in [0.3, 0.4) is 0 Å². The van der Waals surface area contributed by atoms with E-state index in [9.17, 15) is 4.79 Å². The van der Waals surface area contributed by atoms with Crippen molar-refractivity contribution in [2.24, 2.45) is 4.99 Å². The number of carbonyl (C=O) groups is 1. The van der Waals surface area contributed by atoms with Gasteiger partial charge in [0, 0.05) is 5.22 Å². The molecular formula is C11H9NO3. The lowest BCUT2D eigenvalue weighted by molar-refractivity contribution is -0.158. The Morgan fingerprint density at radius 3 is 2.73 bits per heavy atom. The van der Waals surface area contributed by atoms with Gasteiger partial charge < -0.3 is 9.47 Å². The fourth-order valence-electron chi connectivity index (χ4n) is 1.80. The average Bonchev–Trinajstić information content (AvgIpc) is 2.70. The Kier molecular flexibility index (Phi) is 1.74. The molecule has 2 aliphatic heterocycles. The molecule has 1 saturated heterocycles. The quantitative estimate of drug-likeness (QED) is 0.564. The summed E-state index contributed by atoms with van der Waals surface area (Å²) in [5, 5.41) is 1.55. The van der Waals surface area contributed by atoms with E-state index in [1.165, 1.54) is 0 Å². The highest BCUT2D eigenvalue weighted by Gasteiger charge is 2.43. The predicted octanol–water partition coefficient (Wildman–Crippen LogP) is -0.630. The lowest BCUT2D eigenvalue weighted by Gasteiger charge is -2.21. The van der Waals surface area contributed by atoms with Gasteiger partial charge in [-0.2, -0.15) is 0 Å². The standard InChI is InChI=1S/C11H9NO3/c13-10-11(14-5-6-15-11)7-8-3-1-2-4-9(8)12-10/h1-4,7H,5-6H2. The van der Waals surface area contributed by atoms with Crippen molar-refractivity contribution >= 4 is 12.0 Å². The summed E-state index contributed by atoms with van der Waals surface area (Å²) < 4.78 is 10.7. The molecule has 2 heterocycles. The highest BCUT2D eigenvalue weighted by molar-refractivity contribution is 5.92. The Labute approximate surface area is 85.8 Å². The Morgan fingerprint density at radius 2 is 1.93 bits per heavy atom. The van der Waals surface area contributed by atoms with Gasteiger partial charge in [-0.15, -0.1) is 0 Å². The largest absolute Gasteiger partial charge is 0.336 e. The fraction of sp³-hybridized carbons (Fsp3) is 0.273. The molecule has 76 valence electrons. The minimum atomic E-state index is -1.26. The average molecular weight is 203 g/mol. The second kappa shape index (κ2) is 2.98. The summed E-state index contributed by atoms with van der Waals surface area (Å²) in [5.41, 5.74) is 0. The number of ether oxygens (including phenoxy) is 2. The number of rotatable bonds is 0. The second-order valence-electron chi connectivity index (χ2n) is 3.48. The molecule has 0 N–H and O–H groups in total. The molecule has 1 spiro atoms. The minimum absolute atomic E-state index is 0.376. The van der Waals surface area contributed by atoms with E-state index in [-0.39, 0.29) is 5.91 Å². The molecule has 1 amide bonds. The van der Waals surface area contributed by atoms with E-state index >= 15 is 0 Å². The zero-order valence-corrected chi connectivity index (χ0v) is 7.97. The van der Waals surface area contributed by atoms with Crippen molar-refractivity contribution in [2.45, 2.75) is 5.79 Å². The molecule has 15 heavy (non-hydrogen) atoms. The molecule has 0 aliphatic carbocycles. The maximum atomic E-state index is 11.7. The number of hydrogen-bond donors (Lipinski definition) is 0. The first-order valence-electron chi connectivity index (χ1n) is 4.79. The first-order valence-corrected chi connectivity index (χ1v) is 4.79. The maximum Gasteiger partial charge on any atom is 0.310 e. The Bertz CT molecular complexity index is 529. The van der Waals surface area contributed by atoms with E-state index in [1.54, 1.807) is 12.1 Å². The number of amides is 1. The molecule has 0 saturated carbocycles. The Balaban J connectivity index is 2.26. The van der Waals surface area contributed by atoms with E-state index in [0.29, 0.717) is 18.6 Å². The lowest BCUT2D eigenvalue weighted by Crippen LogP contribution is -2.46. The van der Waals surface area contributed by atoms with Crippen molar-refractivity contribution in [3.05, 3.63) is 34.8 Å². The zero-order valence-electron chi connectivity index (χ0n) is 7.97. The monoisotopic (exact) mass is 203 g/mol. The Morgan fingerprint density at radius 1 is 1.20 bits per heavy atom. The van der Waals surface area contributed by atoms with Crippen molar-refractivity contribution in [3.63, 3.8) is 0 Å². The second-order valence-corrected chi connectivity index (χ2v) is 3.48. The zero-order chi connectivity index (χ0) is 10.3. The molecule has 1 aromatic carbocycles. The fourth-order valence-corrected chi connectivity index (χ4v) is 1.80. The number of nitrogens with zero attached hydrogens (tertiary/aromatic N) is 1. The van der Waals surface area contributed by atoms with Crippen LogP contribution in [0.4, 0.5) is 0 Å². The number of fused-ring (bicyclic) bond motifs is 1. The van der Waals surface area contributed by atoms with Gasteiger partial charge >= 0.3 is 5.91 Å². The van der Waals surface area contributed by atoms with Crippen LogP contribution in [0, 0.1) is 0 Å². The molecular weight excluding hydrogens is 194 g/mol. The van der Waals surface area contributed by atoms with Crippen LogP contribution >= 0.6 is 0 Å². The van der Waals surface area contributed by atoms with Gasteiger partial charge in [0.25, 0.3) is 5.79 Å². The van der Waals surface area contributed by atoms with Gasteiger partial charge in [-0.05, 0) is 12.1 Å². The van der Waals surface area contributed by atoms with Crippen molar-refractivity contribution < 1.29 is 14.3 Å². The van der Waals surface area contributed by atoms with Crippen LogP contribution in [-0.2, 0) is 14.3 Å². The van der Waals surface area contributed by atoms with Gasteiger partial charge in [-0.1, -0.05) is 18.2 Å². The molecule has 0 aromatic heterocycles. The number of benzene rings is 1. The molecule has 0 atom stereocenters. The van der Waals surface area contributed by atoms with Crippen molar-refractivity contribution in [2.75, 3.05) is 13.2 Å². The topological polar surface area (TPSA) is 47.9 Å². The van der Waals surface area contributed by atoms with E-state index in [2.05, 4.69) is 4.99 Å². The third kappa shape index (κ3) is 1.22. The number of hydrogen-bond acceptors (Lipinski definition) is 3. The normalized spacial score (nSPS) is 22.0. The molecule has 0 bridgehead atoms. The van der Waals surface area contributed by atoms with Gasteiger partial charge in [0.1, 0.15) is 0 Å². The van der Waals surface area contributed by atoms with E-state index in [4.69, 9.17) is 9.47 Å². The lowest BCUT2D eigenvalue weighted by atomic mass is 10.1. The van der Waals surface area contributed by atoms with Crippen LogP contribution in [0.2, 0.25) is 0 Å². The highest BCUT2D eigenvalue weighted by Crippen LogP contribution is 2.23. The molecule has 1 aromatic rings. The third-order valence-corrected chi connectivity index (χ3v) is 2.52. The van der Waals surface area contributed by atoms with Gasteiger partial charge in [0.2, 0.25) is 0 Å². The summed E-state index contributed by atoms with van der Waals surface area (Å²) in [6, 6.07) is 7.42. The van der Waals surface area contributed by atoms with E-state index in [0.717, 1.165) is 5.22 Å². The van der Waals surface area contributed by atoms with Gasteiger partial charge in [0.05, 0.1) is 18.6 Å². The predicted molar refractivity (Wildman–Crippen MR) is 51.3 cm³/mol.